The Hall–Kier alpha value is -3.34. The largest absolute Gasteiger partial charge is 0.513 e. The average molecular weight is 554 g/mol. The van der Waals surface area contributed by atoms with Gasteiger partial charge in [0.15, 0.2) is 11.5 Å². The van der Waals surface area contributed by atoms with E-state index in [9.17, 15) is 19.2 Å². The summed E-state index contributed by atoms with van der Waals surface area (Å²) < 4.78 is 31.2. The SMILES string of the molecule is CC(C)C(=O)OC[C@H](C)OC(=O)[C@@H](N)Cc1ccc(OC(=O)OCC(C)(C)C)c(OC(=O)OCC(C)(C)C)c1. The van der Waals surface area contributed by atoms with Gasteiger partial charge >= 0.3 is 24.2 Å². The minimum absolute atomic E-state index is 0.0134. The fourth-order valence-electron chi connectivity index (χ4n) is 2.66. The van der Waals surface area contributed by atoms with Crippen LogP contribution in [0.1, 0.15) is 67.9 Å². The third-order valence-electron chi connectivity index (χ3n) is 4.65. The Balaban J connectivity index is 2.95. The summed E-state index contributed by atoms with van der Waals surface area (Å²) in [6.45, 7) is 16.4. The van der Waals surface area contributed by atoms with Crippen molar-refractivity contribution in [2.75, 3.05) is 19.8 Å². The Morgan fingerprint density at radius 1 is 0.769 bits per heavy atom. The lowest BCUT2D eigenvalue weighted by Gasteiger charge is -2.19. The molecule has 1 aromatic carbocycles. The van der Waals surface area contributed by atoms with Crippen molar-refractivity contribution in [3.63, 3.8) is 0 Å². The standard InChI is InChI=1S/C28H43NO10/c1-17(2)23(30)34-14-18(3)37-24(31)20(29)12-19-10-11-21(38-25(32)35-15-27(4,5)6)22(13-19)39-26(33)36-16-28(7,8)9/h10-11,13,17-18,20H,12,14-16,29H2,1-9H3/t18-,20-/m0/s1. The molecule has 0 aliphatic carbocycles. The van der Waals surface area contributed by atoms with Crippen molar-refractivity contribution >= 4 is 24.2 Å². The molecule has 0 aromatic heterocycles. The van der Waals surface area contributed by atoms with Crippen LogP contribution in [0.4, 0.5) is 9.59 Å². The molecule has 11 nitrogen and oxygen atoms in total. The summed E-state index contributed by atoms with van der Waals surface area (Å²) in [7, 11) is 0. The Morgan fingerprint density at radius 3 is 1.77 bits per heavy atom. The molecule has 220 valence electrons. The molecule has 0 bridgehead atoms. The van der Waals surface area contributed by atoms with Crippen molar-refractivity contribution in [3.05, 3.63) is 23.8 Å². The Bertz CT molecular complexity index is 991. The summed E-state index contributed by atoms with van der Waals surface area (Å²) in [6.07, 6.45) is -2.65. The van der Waals surface area contributed by atoms with Crippen LogP contribution in [0.3, 0.4) is 0 Å². The zero-order valence-electron chi connectivity index (χ0n) is 24.5. The minimum atomic E-state index is -1.07. The van der Waals surface area contributed by atoms with Gasteiger partial charge in [-0.05, 0) is 41.9 Å². The van der Waals surface area contributed by atoms with E-state index in [1.54, 1.807) is 26.8 Å². The molecule has 0 unspecified atom stereocenters. The zero-order valence-corrected chi connectivity index (χ0v) is 24.5. The summed E-state index contributed by atoms with van der Waals surface area (Å²) in [5.41, 5.74) is 5.94. The maximum atomic E-state index is 12.5. The van der Waals surface area contributed by atoms with Crippen LogP contribution in [0.2, 0.25) is 0 Å². The highest BCUT2D eigenvalue weighted by Crippen LogP contribution is 2.30. The fraction of sp³-hybridized carbons (Fsp3) is 0.643. The summed E-state index contributed by atoms with van der Waals surface area (Å²) in [5, 5.41) is 0. The second kappa shape index (κ2) is 14.7. The number of ether oxygens (including phenoxy) is 6. The van der Waals surface area contributed by atoms with Crippen LogP contribution in [0.5, 0.6) is 11.5 Å². The molecule has 0 spiro atoms. The molecule has 11 heteroatoms. The van der Waals surface area contributed by atoms with Crippen molar-refractivity contribution in [1.29, 1.82) is 0 Å². The normalized spacial score (nSPS) is 13.2. The van der Waals surface area contributed by atoms with Crippen molar-refractivity contribution in [3.8, 4) is 11.5 Å². The van der Waals surface area contributed by atoms with E-state index < -0.39 is 36.4 Å². The highest BCUT2D eigenvalue weighted by molar-refractivity contribution is 5.76. The molecule has 0 aliphatic heterocycles. The zero-order chi connectivity index (χ0) is 30.0. The van der Waals surface area contributed by atoms with E-state index in [0.29, 0.717) is 5.56 Å². The molecule has 39 heavy (non-hydrogen) atoms. The van der Waals surface area contributed by atoms with E-state index >= 15 is 0 Å². The number of hydrogen-bond acceptors (Lipinski definition) is 11. The van der Waals surface area contributed by atoms with Gasteiger partial charge in [0.1, 0.15) is 18.8 Å². The first-order valence-electron chi connectivity index (χ1n) is 12.8. The van der Waals surface area contributed by atoms with Crippen molar-refractivity contribution in [1.82, 2.24) is 0 Å². The van der Waals surface area contributed by atoms with Crippen molar-refractivity contribution < 1.29 is 47.6 Å². The summed E-state index contributed by atoms with van der Waals surface area (Å²) >= 11 is 0. The molecule has 2 N–H and O–H groups in total. The monoisotopic (exact) mass is 553 g/mol. The first kappa shape index (κ1) is 33.7. The molecule has 0 aliphatic rings. The van der Waals surface area contributed by atoms with Gasteiger partial charge in [0.25, 0.3) is 0 Å². The molecule has 0 heterocycles. The van der Waals surface area contributed by atoms with E-state index in [2.05, 4.69) is 0 Å². The minimum Gasteiger partial charge on any atom is -0.462 e. The summed E-state index contributed by atoms with van der Waals surface area (Å²) in [4.78, 5) is 48.6. The maximum Gasteiger partial charge on any atom is 0.513 e. The Labute approximate surface area is 230 Å². The van der Waals surface area contributed by atoms with E-state index in [1.807, 2.05) is 41.5 Å². The van der Waals surface area contributed by atoms with E-state index in [4.69, 9.17) is 34.2 Å². The lowest BCUT2D eigenvalue weighted by molar-refractivity contribution is -0.160. The molecular weight excluding hydrogens is 510 g/mol. The molecule has 2 atom stereocenters. The van der Waals surface area contributed by atoms with Gasteiger partial charge in [-0.2, -0.15) is 0 Å². The maximum absolute atomic E-state index is 12.5. The van der Waals surface area contributed by atoms with Crippen LogP contribution >= 0.6 is 0 Å². The van der Waals surface area contributed by atoms with Gasteiger partial charge in [0, 0.05) is 0 Å². The van der Waals surface area contributed by atoms with Crippen LogP contribution in [-0.2, 0) is 35.0 Å². The lowest BCUT2D eigenvalue weighted by Crippen LogP contribution is -2.37. The molecule has 0 fully saturated rings. The van der Waals surface area contributed by atoms with Crippen molar-refractivity contribution in [2.45, 2.75) is 80.9 Å². The molecule has 0 saturated carbocycles. The quantitative estimate of drug-likeness (QED) is 0.228. The summed E-state index contributed by atoms with van der Waals surface area (Å²) in [6, 6.07) is 3.29. The van der Waals surface area contributed by atoms with Gasteiger partial charge in [-0.25, -0.2) is 9.59 Å². The van der Waals surface area contributed by atoms with Crippen LogP contribution in [0.25, 0.3) is 0 Å². The molecule has 0 saturated heterocycles. The number of carbonyl (C=O) groups excluding carboxylic acids is 4. The van der Waals surface area contributed by atoms with E-state index in [0.717, 1.165) is 0 Å². The predicted molar refractivity (Wildman–Crippen MR) is 142 cm³/mol. The van der Waals surface area contributed by atoms with Crippen LogP contribution in [-0.4, -0.2) is 56.2 Å². The molecular formula is C28H43NO10. The Morgan fingerprint density at radius 2 is 1.28 bits per heavy atom. The molecule has 0 radical (unpaired) electrons. The smallest absolute Gasteiger partial charge is 0.462 e. The van der Waals surface area contributed by atoms with Gasteiger partial charge in [-0.3, -0.25) is 9.59 Å². The third-order valence-corrected chi connectivity index (χ3v) is 4.65. The number of rotatable bonds is 11. The van der Waals surface area contributed by atoms with E-state index in [-0.39, 0.29) is 54.5 Å². The molecule has 1 aromatic rings. The lowest BCUT2D eigenvalue weighted by atomic mass is 9.99. The van der Waals surface area contributed by atoms with Crippen molar-refractivity contribution in [2.24, 2.45) is 22.5 Å². The third kappa shape index (κ3) is 14.4. The summed E-state index contributed by atoms with van der Waals surface area (Å²) in [5.74, 6) is -1.61. The van der Waals surface area contributed by atoms with E-state index in [1.165, 1.54) is 12.1 Å². The number of carbonyl (C=O) groups is 4. The van der Waals surface area contributed by atoms with Gasteiger partial charge < -0.3 is 34.2 Å². The van der Waals surface area contributed by atoms with Gasteiger partial charge in [0.05, 0.1) is 19.1 Å². The van der Waals surface area contributed by atoms with Gasteiger partial charge in [-0.1, -0.05) is 61.5 Å². The first-order valence-corrected chi connectivity index (χ1v) is 12.8. The van der Waals surface area contributed by atoms with Gasteiger partial charge in [-0.15, -0.1) is 0 Å². The highest BCUT2D eigenvalue weighted by Gasteiger charge is 2.23. The number of hydrogen-bond donors (Lipinski definition) is 1. The molecule has 1 rings (SSSR count). The second-order valence-electron chi connectivity index (χ2n) is 12.0. The van der Waals surface area contributed by atoms with Crippen LogP contribution < -0.4 is 15.2 Å². The number of nitrogens with two attached hydrogens (primary N) is 1. The number of benzene rings is 1. The van der Waals surface area contributed by atoms with Gasteiger partial charge in [0.2, 0.25) is 0 Å². The molecule has 0 amide bonds. The average Bonchev–Trinajstić information content (AvgIpc) is 2.80. The number of esters is 2. The predicted octanol–water partition coefficient (Wildman–Crippen LogP) is 4.81. The topological polar surface area (TPSA) is 150 Å². The Kier molecular flexibility index (Phi) is 12.7. The highest BCUT2D eigenvalue weighted by atomic mass is 16.7. The van der Waals surface area contributed by atoms with Crippen LogP contribution in [0, 0.1) is 16.7 Å². The second-order valence-corrected chi connectivity index (χ2v) is 12.0. The fourth-order valence-corrected chi connectivity index (χ4v) is 2.66. The van der Waals surface area contributed by atoms with Crippen LogP contribution in [0.15, 0.2) is 18.2 Å². The first-order chi connectivity index (χ1) is 17.9.